The van der Waals surface area contributed by atoms with E-state index < -0.39 is 17.4 Å². The molecule has 0 aromatic heterocycles. The summed E-state index contributed by atoms with van der Waals surface area (Å²) in [6, 6.07) is 8.77. The van der Waals surface area contributed by atoms with Crippen LogP contribution in [0.2, 0.25) is 0 Å². The molecule has 1 aromatic carbocycles. The van der Waals surface area contributed by atoms with E-state index in [9.17, 15) is 9.59 Å². The molecule has 1 unspecified atom stereocenters. The highest BCUT2D eigenvalue weighted by Gasteiger charge is 2.31. The highest BCUT2D eigenvalue weighted by Crippen LogP contribution is 2.10. The average molecular weight is 272 g/mol. The smallest absolute Gasteiger partial charge is 0.329 e. The first-order valence-electron chi connectivity index (χ1n) is 6.15. The number of carbonyl (C=O) groups is 2. The molecular formula is C15H16N2O3. The molecule has 0 saturated heterocycles. The second-order valence-corrected chi connectivity index (χ2v) is 4.55. The highest BCUT2D eigenvalue weighted by atomic mass is 16.4. The van der Waals surface area contributed by atoms with E-state index in [0.717, 1.165) is 0 Å². The number of nitrogens with zero attached hydrogens (tertiary/aromatic N) is 1. The van der Waals surface area contributed by atoms with Crippen LogP contribution >= 0.6 is 0 Å². The van der Waals surface area contributed by atoms with Crippen LogP contribution in [0.25, 0.3) is 6.08 Å². The Morgan fingerprint density at radius 1 is 1.50 bits per heavy atom. The van der Waals surface area contributed by atoms with Crippen molar-refractivity contribution in [1.82, 2.24) is 5.32 Å². The zero-order chi connectivity index (χ0) is 15.2. The van der Waals surface area contributed by atoms with Gasteiger partial charge >= 0.3 is 5.97 Å². The van der Waals surface area contributed by atoms with Crippen molar-refractivity contribution in [3.8, 4) is 6.07 Å². The van der Waals surface area contributed by atoms with Gasteiger partial charge in [0.25, 0.3) is 0 Å². The predicted octanol–water partition coefficient (Wildman–Crippen LogP) is 1.94. The molecule has 0 saturated carbocycles. The Hall–Kier alpha value is -2.61. The van der Waals surface area contributed by atoms with Crippen molar-refractivity contribution < 1.29 is 14.7 Å². The van der Waals surface area contributed by atoms with Crippen molar-refractivity contribution >= 4 is 18.0 Å². The summed E-state index contributed by atoms with van der Waals surface area (Å²) in [5.74, 6) is -1.56. The van der Waals surface area contributed by atoms with Crippen molar-refractivity contribution in [2.75, 3.05) is 0 Å². The number of rotatable bonds is 5. The number of nitrogens with one attached hydrogen (secondary N) is 1. The lowest BCUT2D eigenvalue weighted by molar-refractivity contribution is -0.146. The summed E-state index contributed by atoms with van der Waals surface area (Å²) in [6.07, 6.45) is 3.08. The lowest BCUT2D eigenvalue weighted by Crippen LogP contribution is -2.51. The van der Waals surface area contributed by atoms with E-state index in [2.05, 4.69) is 5.32 Å². The molecule has 0 aliphatic heterocycles. The van der Waals surface area contributed by atoms with Crippen LogP contribution in [-0.4, -0.2) is 22.5 Å². The van der Waals surface area contributed by atoms with Crippen LogP contribution in [-0.2, 0) is 9.59 Å². The Labute approximate surface area is 117 Å². The number of carbonyl (C=O) groups excluding carboxylic acids is 1. The zero-order valence-electron chi connectivity index (χ0n) is 11.4. The molecule has 5 nitrogen and oxygen atoms in total. The van der Waals surface area contributed by atoms with Gasteiger partial charge in [-0.05, 0) is 37.1 Å². The summed E-state index contributed by atoms with van der Waals surface area (Å²) in [6.45, 7) is 3.14. The molecule has 104 valence electrons. The molecule has 1 aromatic rings. The minimum absolute atomic E-state index is 0.284. The Morgan fingerprint density at radius 2 is 2.20 bits per heavy atom. The van der Waals surface area contributed by atoms with Crippen LogP contribution < -0.4 is 5.32 Å². The molecule has 20 heavy (non-hydrogen) atoms. The number of aliphatic carboxylic acids is 1. The summed E-state index contributed by atoms with van der Waals surface area (Å²) >= 11 is 0. The molecule has 0 spiro atoms. The maximum absolute atomic E-state index is 11.7. The molecule has 0 radical (unpaired) electrons. The normalized spacial score (nSPS) is 13.4. The molecule has 1 amide bonds. The van der Waals surface area contributed by atoms with Crippen molar-refractivity contribution in [2.45, 2.75) is 25.8 Å². The molecular weight excluding hydrogens is 256 g/mol. The van der Waals surface area contributed by atoms with Crippen molar-refractivity contribution in [2.24, 2.45) is 0 Å². The molecule has 0 bridgehead atoms. The number of benzene rings is 1. The molecule has 0 fully saturated rings. The largest absolute Gasteiger partial charge is 0.480 e. The van der Waals surface area contributed by atoms with Gasteiger partial charge in [0.2, 0.25) is 5.91 Å². The van der Waals surface area contributed by atoms with Gasteiger partial charge in [0.1, 0.15) is 5.54 Å². The van der Waals surface area contributed by atoms with Gasteiger partial charge in [0, 0.05) is 6.08 Å². The number of carboxylic acid groups (broad SMARTS) is 1. The fourth-order valence-corrected chi connectivity index (χ4v) is 1.49. The first-order chi connectivity index (χ1) is 9.41. The van der Waals surface area contributed by atoms with Crippen LogP contribution in [0.1, 0.15) is 31.4 Å². The van der Waals surface area contributed by atoms with E-state index in [0.29, 0.717) is 11.1 Å². The topological polar surface area (TPSA) is 90.2 Å². The van der Waals surface area contributed by atoms with Crippen molar-refractivity contribution in [1.29, 1.82) is 5.26 Å². The fraction of sp³-hybridized carbons (Fsp3) is 0.267. The Balaban J connectivity index is 2.78. The van der Waals surface area contributed by atoms with Crippen LogP contribution in [0.5, 0.6) is 0 Å². The lowest BCUT2D eigenvalue weighted by Gasteiger charge is -2.23. The molecule has 0 aliphatic rings. The number of hydrogen-bond donors (Lipinski definition) is 2. The fourth-order valence-electron chi connectivity index (χ4n) is 1.49. The molecule has 0 heterocycles. The lowest BCUT2D eigenvalue weighted by atomic mass is 9.99. The molecule has 2 N–H and O–H groups in total. The summed E-state index contributed by atoms with van der Waals surface area (Å²) in [5.41, 5.74) is -0.0835. The first kappa shape index (κ1) is 15.4. The minimum Gasteiger partial charge on any atom is -0.480 e. The Bertz CT molecular complexity index is 587. The molecule has 1 rings (SSSR count). The summed E-state index contributed by atoms with van der Waals surface area (Å²) in [4.78, 5) is 22.8. The number of amides is 1. The van der Waals surface area contributed by atoms with E-state index in [1.165, 1.54) is 19.1 Å². The van der Waals surface area contributed by atoms with Gasteiger partial charge in [-0.1, -0.05) is 19.1 Å². The third-order valence-corrected chi connectivity index (χ3v) is 3.02. The van der Waals surface area contributed by atoms with E-state index in [4.69, 9.17) is 10.4 Å². The quantitative estimate of drug-likeness (QED) is 0.801. The standard InChI is InChI=1S/C15H16N2O3/c1-3-15(2,14(19)20)17-13(18)8-7-11-5-4-6-12(9-11)10-16/h4-9H,3H2,1-2H3,(H,17,18)(H,19,20). The number of carboxylic acids is 1. The second-order valence-electron chi connectivity index (χ2n) is 4.55. The van der Waals surface area contributed by atoms with Gasteiger partial charge in [-0.3, -0.25) is 4.79 Å². The third-order valence-electron chi connectivity index (χ3n) is 3.02. The van der Waals surface area contributed by atoms with Gasteiger partial charge in [0.15, 0.2) is 0 Å². The van der Waals surface area contributed by atoms with E-state index in [1.54, 1.807) is 31.2 Å². The average Bonchev–Trinajstić information content (AvgIpc) is 2.45. The van der Waals surface area contributed by atoms with Crippen LogP contribution in [0.4, 0.5) is 0 Å². The summed E-state index contributed by atoms with van der Waals surface area (Å²) < 4.78 is 0. The third kappa shape index (κ3) is 3.95. The Kier molecular flexibility index (Phi) is 5.04. The van der Waals surface area contributed by atoms with Crippen LogP contribution in [0, 0.1) is 11.3 Å². The Morgan fingerprint density at radius 3 is 2.75 bits per heavy atom. The number of nitriles is 1. The van der Waals surface area contributed by atoms with E-state index in [1.807, 2.05) is 6.07 Å². The number of hydrogen-bond acceptors (Lipinski definition) is 3. The maximum Gasteiger partial charge on any atom is 0.329 e. The minimum atomic E-state index is -1.28. The van der Waals surface area contributed by atoms with Crippen LogP contribution in [0.15, 0.2) is 30.3 Å². The van der Waals surface area contributed by atoms with Gasteiger partial charge in [-0.2, -0.15) is 5.26 Å². The van der Waals surface area contributed by atoms with Gasteiger partial charge in [0.05, 0.1) is 11.6 Å². The zero-order valence-corrected chi connectivity index (χ0v) is 11.4. The molecule has 0 aliphatic carbocycles. The maximum atomic E-state index is 11.7. The molecule has 1 atom stereocenters. The summed E-state index contributed by atoms with van der Waals surface area (Å²) in [5, 5.41) is 20.3. The summed E-state index contributed by atoms with van der Waals surface area (Å²) in [7, 11) is 0. The first-order valence-corrected chi connectivity index (χ1v) is 6.15. The van der Waals surface area contributed by atoms with Gasteiger partial charge < -0.3 is 10.4 Å². The van der Waals surface area contributed by atoms with Gasteiger partial charge in [-0.15, -0.1) is 0 Å². The van der Waals surface area contributed by atoms with Crippen molar-refractivity contribution in [3.05, 3.63) is 41.5 Å². The highest BCUT2D eigenvalue weighted by molar-refractivity contribution is 5.95. The van der Waals surface area contributed by atoms with E-state index >= 15 is 0 Å². The molecule has 5 heteroatoms. The predicted molar refractivity (Wildman–Crippen MR) is 74.7 cm³/mol. The van der Waals surface area contributed by atoms with E-state index in [-0.39, 0.29) is 6.42 Å². The van der Waals surface area contributed by atoms with Crippen LogP contribution in [0.3, 0.4) is 0 Å². The monoisotopic (exact) mass is 272 g/mol. The SMILES string of the molecule is CCC(C)(NC(=O)C=Cc1cccc(C#N)c1)C(=O)O. The van der Waals surface area contributed by atoms with Gasteiger partial charge in [-0.25, -0.2) is 4.79 Å². The second kappa shape index (κ2) is 6.53. The van der Waals surface area contributed by atoms with Crippen molar-refractivity contribution in [3.63, 3.8) is 0 Å².